The molecule has 106 valence electrons. The van der Waals surface area contributed by atoms with Crippen molar-refractivity contribution in [2.45, 2.75) is 51.2 Å². The highest BCUT2D eigenvalue weighted by Gasteiger charge is 2.44. The summed E-state index contributed by atoms with van der Waals surface area (Å²) in [5.74, 6) is 0. The molecular weight excluding hydrogens is 275 g/mol. The molecule has 0 spiro atoms. The van der Waals surface area contributed by atoms with Gasteiger partial charge in [-0.15, -0.1) is 0 Å². The van der Waals surface area contributed by atoms with Crippen LogP contribution in [0, 0.1) is 0 Å². The standard InChI is InChI=1S/C10H22BFNO3PS/c1-4-17(14,18)13-9-7(5-15-6(2)3)16-10(11)8(9)12/h6-10H,4-5,11H2,1-3H3,(H2,13,14,18)/t7-,8?,9?,10-,17?/m1/s1. The maximum absolute atomic E-state index is 14.0. The fourth-order valence-corrected chi connectivity index (χ4v) is 3.20. The van der Waals surface area contributed by atoms with Crippen molar-refractivity contribution >= 4 is 26.6 Å². The maximum Gasteiger partial charge on any atom is 0.198 e. The Hall–Kier alpha value is 0.455. The predicted molar refractivity (Wildman–Crippen MR) is 77.2 cm³/mol. The van der Waals surface area contributed by atoms with Crippen LogP contribution in [-0.2, 0) is 14.0 Å². The third-order valence-corrected chi connectivity index (χ3v) is 5.71. The van der Waals surface area contributed by atoms with E-state index in [1.807, 2.05) is 13.8 Å². The Bertz CT molecular complexity index is 323. The fraction of sp³-hybridized carbons (Fsp3) is 1.00. The van der Waals surface area contributed by atoms with Gasteiger partial charge in [0.2, 0.25) is 0 Å². The quantitative estimate of drug-likeness (QED) is 0.439. The molecule has 1 saturated heterocycles. The minimum atomic E-state index is -2.80. The number of hydrogen-bond acceptors (Lipinski definition) is 3. The van der Waals surface area contributed by atoms with Crippen molar-refractivity contribution in [3.05, 3.63) is 0 Å². The Kier molecular flexibility index (Phi) is 6.19. The van der Waals surface area contributed by atoms with Crippen LogP contribution in [0.3, 0.4) is 0 Å². The summed E-state index contributed by atoms with van der Waals surface area (Å²) in [6.45, 7) is 3.06. The van der Waals surface area contributed by atoms with Crippen molar-refractivity contribution in [2.24, 2.45) is 0 Å². The summed E-state index contributed by atoms with van der Waals surface area (Å²) in [6.07, 6.45) is -1.20. The zero-order valence-corrected chi connectivity index (χ0v) is 13.1. The zero-order valence-electron chi connectivity index (χ0n) is 11.3. The first-order chi connectivity index (χ1) is 8.26. The van der Waals surface area contributed by atoms with Crippen molar-refractivity contribution in [3.8, 4) is 0 Å². The van der Waals surface area contributed by atoms with Crippen LogP contribution in [0.2, 0.25) is 0 Å². The zero-order chi connectivity index (χ0) is 13.9. The molecule has 4 nitrogen and oxygen atoms in total. The average Bonchev–Trinajstić information content (AvgIpc) is 2.54. The molecule has 1 rings (SSSR count). The average molecular weight is 297 g/mol. The number of halogens is 1. The van der Waals surface area contributed by atoms with Gasteiger partial charge in [0.25, 0.3) is 0 Å². The highest BCUT2D eigenvalue weighted by atomic mass is 32.7. The molecule has 18 heavy (non-hydrogen) atoms. The second-order valence-corrected chi connectivity index (χ2v) is 9.11. The minimum Gasteiger partial charge on any atom is -0.377 e. The summed E-state index contributed by atoms with van der Waals surface area (Å²) in [5, 5.41) is 2.80. The molecule has 1 aliphatic rings. The molecule has 1 aliphatic heterocycles. The molecule has 0 bridgehead atoms. The van der Waals surface area contributed by atoms with Crippen molar-refractivity contribution in [1.29, 1.82) is 0 Å². The molecule has 0 aliphatic carbocycles. The van der Waals surface area contributed by atoms with Gasteiger partial charge in [-0.2, -0.15) is 0 Å². The van der Waals surface area contributed by atoms with Gasteiger partial charge in [0.05, 0.1) is 30.9 Å². The third kappa shape index (κ3) is 4.53. The summed E-state index contributed by atoms with van der Waals surface area (Å²) in [7, 11) is 1.67. The molecule has 0 radical (unpaired) electrons. The Morgan fingerprint density at radius 3 is 2.72 bits per heavy atom. The molecule has 0 aromatic carbocycles. The molecule has 8 heteroatoms. The number of ether oxygens (including phenoxy) is 2. The van der Waals surface area contributed by atoms with Gasteiger partial charge in [-0.25, -0.2) is 4.39 Å². The third-order valence-electron chi connectivity index (χ3n) is 2.95. The van der Waals surface area contributed by atoms with Crippen LogP contribution >= 0.6 is 18.7 Å². The van der Waals surface area contributed by atoms with E-state index in [-0.39, 0.29) is 12.7 Å². The Morgan fingerprint density at radius 2 is 2.22 bits per heavy atom. The van der Waals surface area contributed by atoms with Crippen LogP contribution in [0.4, 0.5) is 4.39 Å². The van der Waals surface area contributed by atoms with Crippen molar-refractivity contribution in [3.63, 3.8) is 0 Å². The highest BCUT2D eigenvalue weighted by Crippen LogP contribution is 2.47. The molecule has 0 amide bonds. The normalized spacial score (nSPS) is 35.9. The lowest BCUT2D eigenvalue weighted by Crippen LogP contribution is -2.43. The summed E-state index contributed by atoms with van der Waals surface area (Å²) >= 11 is 4.06. The van der Waals surface area contributed by atoms with Crippen LogP contribution in [0.15, 0.2) is 0 Å². The SMILES string of the molecule is B[C@@H]1O[C@H](COC(C)C)C(NP(=O)(S)CC)C1F. The topological polar surface area (TPSA) is 47.6 Å². The number of hydrogen-bond donors (Lipinski definition) is 2. The van der Waals surface area contributed by atoms with Crippen LogP contribution in [0.25, 0.3) is 0 Å². The van der Waals surface area contributed by atoms with E-state index in [2.05, 4.69) is 17.3 Å². The molecule has 1 N–H and O–H groups in total. The smallest absolute Gasteiger partial charge is 0.198 e. The van der Waals surface area contributed by atoms with Crippen LogP contribution in [-0.4, -0.2) is 51.0 Å². The van der Waals surface area contributed by atoms with E-state index in [1.165, 1.54) is 0 Å². The first-order valence-corrected chi connectivity index (χ1v) is 9.32. The Balaban J connectivity index is 2.67. The Morgan fingerprint density at radius 1 is 1.61 bits per heavy atom. The number of alkyl halides is 1. The van der Waals surface area contributed by atoms with E-state index >= 15 is 0 Å². The molecule has 1 fully saturated rings. The number of thiol groups is 1. The van der Waals surface area contributed by atoms with E-state index in [0.717, 1.165) is 0 Å². The molecule has 0 aromatic rings. The van der Waals surface area contributed by atoms with Crippen LogP contribution in [0.1, 0.15) is 20.8 Å². The van der Waals surface area contributed by atoms with Crippen LogP contribution < -0.4 is 5.09 Å². The first-order valence-electron chi connectivity index (χ1n) is 6.27. The van der Waals surface area contributed by atoms with Gasteiger partial charge >= 0.3 is 0 Å². The van der Waals surface area contributed by atoms with Crippen LogP contribution in [0.5, 0.6) is 0 Å². The molecule has 5 atom stereocenters. The largest absolute Gasteiger partial charge is 0.377 e. The minimum absolute atomic E-state index is 0.0530. The summed E-state index contributed by atoms with van der Waals surface area (Å²) in [5.41, 5.74) is 0. The summed E-state index contributed by atoms with van der Waals surface area (Å²) < 4.78 is 37.0. The highest BCUT2D eigenvalue weighted by molar-refractivity contribution is 8.47. The predicted octanol–water partition coefficient (Wildman–Crippen LogP) is 1.21. The maximum atomic E-state index is 14.0. The molecule has 0 aromatic heterocycles. The van der Waals surface area contributed by atoms with Gasteiger partial charge in [-0.05, 0) is 13.8 Å². The van der Waals surface area contributed by atoms with E-state index in [9.17, 15) is 8.96 Å². The van der Waals surface area contributed by atoms with Gasteiger partial charge in [0, 0.05) is 6.16 Å². The number of nitrogens with one attached hydrogen (secondary N) is 1. The fourth-order valence-electron chi connectivity index (χ4n) is 1.84. The van der Waals surface area contributed by atoms with Gasteiger partial charge in [-0.3, -0.25) is 9.65 Å². The lowest BCUT2D eigenvalue weighted by Gasteiger charge is -2.24. The molecule has 1 heterocycles. The van der Waals surface area contributed by atoms with Gasteiger partial charge in [-0.1, -0.05) is 19.2 Å². The van der Waals surface area contributed by atoms with E-state index < -0.39 is 30.8 Å². The molecule has 0 saturated carbocycles. The van der Waals surface area contributed by atoms with E-state index in [0.29, 0.717) is 6.16 Å². The monoisotopic (exact) mass is 297 g/mol. The number of rotatable bonds is 6. The molecule has 3 unspecified atom stereocenters. The first kappa shape index (κ1) is 16.5. The molecular formula is C10H22BFNO3PS. The van der Waals surface area contributed by atoms with Crippen molar-refractivity contribution in [1.82, 2.24) is 5.09 Å². The van der Waals surface area contributed by atoms with Gasteiger partial charge in [0.15, 0.2) is 6.49 Å². The van der Waals surface area contributed by atoms with Crippen molar-refractivity contribution < 1.29 is 18.4 Å². The lowest BCUT2D eigenvalue weighted by atomic mass is 9.93. The van der Waals surface area contributed by atoms with Gasteiger partial charge in [0.1, 0.15) is 14.0 Å². The van der Waals surface area contributed by atoms with E-state index in [1.54, 1.807) is 14.8 Å². The van der Waals surface area contributed by atoms with E-state index in [4.69, 9.17) is 9.47 Å². The Labute approximate surface area is 114 Å². The van der Waals surface area contributed by atoms with Crippen molar-refractivity contribution in [2.75, 3.05) is 12.8 Å². The van der Waals surface area contributed by atoms with Gasteiger partial charge < -0.3 is 9.47 Å². The lowest BCUT2D eigenvalue weighted by molar-refractivity contribution is -0.0212. The second-order valence-electron chi connectivity index (χ2n) is 4.88. The summed E-state index contributed by atoms with van der Waals surface area (Å²) in [4.78, 5) is 0. The second kappa shape index (κ2) is 6.75. The summed E-state index contributed by atoms with van der Waals surface area (Å²) in [6, 6.07) is -1.14.